The number of hydrogen-bond donors (Lipinski definition) is 1. The summed E-state index contributed by atoms with van der Waals surface area (Å²) in [5, 5.41) is 4.00. The van der Waals surface area contributed by atoms with Crippen LogP contribution in [-0.2, 0) is 0 Å². The number of Topliss-reactive ketones (excluding diaryl/α,β-unsaturated/α-hetero) is 1. The van der Waals surface area contributed by atoms with E-state index in [9.17, 15) is 4.79 Å². The maximum atomic E-state index is 12.1. The Hall–Kier alpha value is -0.710. The second kappa shape index (κ2) is 5.58. The number of alkyl halides is 2. The summed E-state index contributed by atoms with van der Waals surface area (Å²) < 4.78 is -0.617. The number of nitrogens with one attached hydrogen (secondary N) is 1. The van der Waals surface area contributed by atoms with Gasteiger partial charge in [-0.3, -0.25) is 9.79 Å². The summed E-state index contributed by atoms with van der Waals surface area (Å²) in [5.41, 5.74) is 1.82. The molecular formula is C14H14Cl2N2OS. The zero-order valence-electron chi connectivity index (χ0n) is 10.7. The van der Waals surface area contributed by atoms with Gasteiger partial charge in [0.25, 0.3) is 0 Å². The van der Waals surface area contributed by atoms with Crippen LogP contribution in [-0.4, -0.2) is 34.1 Å². The highest BCUT2D eigenvalue weighted by atomic mass is 35.5. The minimum atomic E-state index is -0.617. The lowest BCUT2D eigenvalue weighted by Gasteiger charge is -2.04. The number of hydrogen-bond acceptors (Lipinski definition) is 4. The molecule has 6 heteroatoms. The van der Waals surface area contributed by atoms with Crippen LogP contribution in [0.2, 0.25) is 0 Å². The van der Waals surface area contributed by atoms with E-state index in [0.717, 1.165) is 35.8 Å². The van der Waals surface area contributed by atoms with Crippen LogP contribution in [0, 0.1) is 0 Å². The molecule has 1 aliphatic carbocycles. The second-order valence-electron chi connectivity index (χ2n) is 4.97. The van der Waals surface area contributed by atoms with Crippen LogP contribution in [0.25, 0.3) is 0 Å². The molecule has 0 aromatic heterocycles. The van der Waals surface area contributed by atoms with Crippen LogP contribution in [0.4, 0.5) is 0 Å². The number of amidine groups is 1. The molecule has 0 saturated heterocycles. The Kier molecular flexibility index (Phi) is 3.98. The number of carbonyl (C=O) groups is 1. The van der Waals surface area contributed by atoms with Crippen molar-refractivity contribution >= 4 is 45.9 Å². The Labute approximate surface area is 132 Å². The van der Waals surface area contributed by atoms with Crippen LogP contribution in [0.15, 0.2) is 29.3 Å². The summed E-state index contributed by atoms with van der Waals surface area (Å²) in [5.74, 6) is 0.710. The Morgan fingerprint density at radius 3 is 2.65 bits per heavy atom. The molecule has 1 heterocycles. The summed E-state index contributed by atoms with van der Waals surface area (Å²) in [7, 11) is 0. The number of nitrogens with zero attached hydrogens (tertiary/aromatic N) is 1. The van der Waals surface area contributed by atoms with Gasteiger partial charge in [-0.05, 0) is 12.0 Å². The smallest absolute Gasteiger partial charge is 0.173 e. The first-order valence-electron chi connectivity index (χ1n) is 6.48. The minimum Gasteiger partial charge on any atom is -0.363 e. The predicted molar refractivity (Wildman–Crippen MR) is 85.3 cm³/mol. The van der Waals surface area contributed by atoms with Gasteiger partial charge in [0.15, 0.2) is 11.0 Å². The molecule has 0 spiro atoms. The van der Waals surface area contributed by atoms with E-state index in [1.165, 1.54) is 11.8 Å². The zero-order valence-corrected chi connectivity index (χ0v) is 13.1. The third-order valence-electron chi connectivity index (χ3n) is 3.44. The zero-order chi connectivity index (χ0) is 14.2. The Morgan fingerprint density at radius 2 is 2.10 bits per heavy atom. The maximum Gasteiger partial charge on any atom is 0.173 e. The lowest BCUT2D eigenvalue weighted by atomic mass is 10.1. The fourth-order valence-corrected chi connectivity index (χ4v) is 3.55. The van der Waals surface area contributed by atoms with Crippen molar-refractivity contribution < 1.29 is 4.79 Å². The lowest BCUT2D eigenvalue weighted by molar-refractivity contribution is 0.102. The SMILES string of the molecule is O=C(CSC1=NCCN1)c1ccc(C2CC2(Cl)Cl)cc1. The molecule has 1 saturated carbocycles. The van der Waals surface area contributed by atoms with E-state index in [1.807, 2.05) is 24.3 Å². The van der Waals surface area contributed by atoms with Gasteiger partial charge in [0.05, 0.1) is 12.3 Å². The van der Waals surface area contributed by atoms with E-state index in [2.05, 4.69) is 10.3 Å². The molecule has 3 rings (SSSR count). The average Bonchev–Trinajstić information content (AvgIpc) is 2.87. The van der Waals surface area contributed by atoms with Crippen molar-refractivity contribution in [3.63, 3.8) is 0 Å². The van der Waals surface area contributed by atoms with Crippen LogP contribution in [0.1, 0.15) is 28.3 Å². The highest BCUT2D eigenvalue weighted by Crippen LogP contribution is 2.59. The second-order valence-corrected chi connectivity index (χ2v) is 7.47. The van der Waals surface area contributed by atoms with Crippen molar-refractivity contribution in [2.45, 2.75) is 16.7 Å². The molecule has 1 unspecified atom stereocenters. The molecule has 3 nitrogen and oxygen atoms in total. The van der Waals surface area contributed by atoms with Crippen molar-refractivity contribution in [2.24, 2.45) is 4.99 Å². The average molecular weight is 329 g/mol. The Bertz CT molecular complexity index is 557. The van der Waals surface area contributed by atoms with Gasteiger partial charge < -0.3 is 5.32 Å². The van der Waals surface area contributed by atoms with Gasteiger partial charge in [-0.2, -0.15) is 0 Å². The van der Waals surface area contributed by atoms with E-state index in [4.69, 9.17) is 23.2 Å². The normalized spacial score (nSPS) is 23.1. The van der Waals surface area contributed by atoms with Gasteiger partial charge in [-0.15, -0.1) is 23.2 Å². The standard InChI is InChI=1S/C14H14Cl2N2OS/c15-14(16)7-11(14)9-1-3-10(4-2-9)12(19)8-20-13-17-5-6-18-13/h1-4,11H,5-8H2,(H,17,18). The minimum absolute atomic E-state index is 0.108. The number of thioether (sulfide) groups is 1. The highest BCUT2D eigenvalue weighted by molar-refractivity contribution is 8.14. The Morgan fingerprint density at radius 1 is 1.40 bits per heavy atom. The molecule has 1 aromatic rings. The van der Waals surface area contributed by atoms with Crippen LogP contribution >= 0.6 is 35.0 Å². The van der Waals surface area contributed by atoms with Crippen molar-refractivity contribution in [2.75, 3.05) is 18.8 Å². The number of carbonyl (C=O) groups excluding carboxylic acids is 1. The summed E-state index contributed by atoms with van der Waals surface area (Å²) in [6.07, 6.45) is 0.782. The lowest BCUT2D eigenvalue weighted by Crippen LogP contribution is -2.17. The molecule has 0 bridgehead atoms. The molecule has 2 aliphatic rings. The van der Waals surface area contributed by atoms with E-state index in [1.54, 1.807) is 0 Å². The third-order valence-corrected chi connectivity index (χ3v) is 5.23. The van der Waals surface area contributed by atoms with Crippen molar-refractivity contribution in [3.8, 4) is 0 Å². The van der Waals surface area contributed by atoms with Crippen molar-refractivity contribution in [1.82, 2.24) is 5.32 Å². The molecule has 1 N–H and O–H groups in total. The van der Waals surface area contributed by atoms with Gasteiger partial charge in [0.2, 0.25) is 0 Å². The van der Waals surface area contributed by atoms with E-state index in [0.29, 0.717) is 5.75 Å². The quantitative estimate of drug-likeness (QED) is 0.681. The molecule has 106 valence electrons. The first-order valence-corrected chi connectivity index (χ1v) is 8.22. The molecule has 1 aromatic carbocycles. The van der Waals surface area contributed by atoms with Gasteiger partial charge in [-0.25, -0.2) is 0 Å². The van der Waals surface area contributed by atoms with Crippen LogP contribution in [0.3, 0.4) is 0 Å². The topological polar surface area (TPSA) is 41.5 Å². The number of ketones is 1. The van der Waals surface area contributed by atoms with E-state index in [-0.39, 0.29) is 11.7 Å². The summed E-state index contributed by atoms with van der Waals surface area (Å²) in [6, 6.07) is 7.59. The van der Waals surface area contributed by atoms with Gasteiger partial charge >= 0.3 is 0 Å². The first kappa shape index (κ1) is 14.2. The predicted octanol–water partition coefficient (Wildman–Crippen LogP) is 3.22. The van der Waals surface area contributed by atoms with Crippen molar-refractivity contribution in [1.29, 1.82) is 0 Å². The van der Waals surface area contributed by atoms with Gasteiger partial charge in [0.1, 0.15) is 4.33 Å². The fourth-order valence-electron chi connectivity index (χ4n) is 2.17. The molecule has 20 heavy (non-hydrogen) atoms. The Balaban J connectivity index is 1.58. The maximum absolute atomic E-state index is 12.1. The van der Waals surface area contributed by atoms with Gasteiger partial charge in [-0.1, -0.05) is 36.0 Å². The fraction of sp³-hybridized carbons (Fsp3) is 0.429. The molecular weight excluding hydrogens is 315 g/mol. The third kappa shape index (κ3) is 3.13. The number of benzene rings is 1. The summed E-state index contributed by atoms with van der Waals surface area (Å²) in [6.45, 7) is 1.66. The first-order chi connectivity index (χ1) is 9.56. The molecule has 0 radical (unpaired) electrons. The molecule has 1 atom stereocenters. The van der Waals surface area contributed by atoms with Crippen molar-refractivity contribution in [3.05, 3.63) is 35.4 Å². The summed E-state index contributed by atoms with van der Waals surface area (Å²) in [4.78, 5) is 16.3. The number of rotatable bonds is 4. The molecule has 1 fully saturated rings. The van der Waals surface area contributed by atoms with E-state index < -0.39 is 4.33 Å². The number of halogens is 2. The van der Waals surface area contributed by atoms with Gasteiger partial charge in [0, 0.05) is 18.0 Å². The van der Waals surface area contributed by atoms with Crippen LogP contribution in [0.5, 0.6) is 0 Å². The molecule has 0 amide bonds. The van der Waals surface area contributed by atoms with E-state index >= 15 is 0 Å². The molecule has 1 aliphatic heterocycles. The van der Waals surface area contributed by atoms with Crippen LogP contribution < -0.4 is 5.32 Å². The monoisotopic (exact) mass is 328 g/mol. The largest absolute Gasteiger partial charge is 0.363 e. The number of aliphatic imine (C=N–C) groups is 1. The summed E-state index contributed by atoms with van der Waals surface area (Å²) >= 11 is 13.5. The highest BCUT2D eigenvalue weighted by Gasteiger charge is 2.52.